The summed E-state index contributed by atoms with van der Waals surface area (Å²) >= 11 is 0. The van der Waals surface area contributed by atoms with Crippen molar-refractivity contribution in [2.75, 3.05) is 5.32 Å². The van der Waals surface area contributed by atoms with Gasteiger partial charge in [-0.15, -0.1) is 5.10 Å². The Balaban J connectivity index is 1.71. The maximum Gasteiger partial charge on any atom is 0.249 e. The Morgan fingerprint density at radius 3 is 2.71 bits per heavy atom. The van der Waals surface area contributed by atoms with Gasteiger partial charge in [-0.25, -0.2) is 4.52 Å². The molecule has 28 heavy (non-hydrogen) atoms. The van der Waals surface area contributed by atoms with Crippen LogP contribution in [0, 0.1) is 31.1 Å². The Labute approximate surface area is 163 Å². The minimum Gasteiger partial charge on any atom is -0.475 e. The lowest BCUT2D eigenvalue weighted by Gasteiger charge is -2.15. The number of nitriles is 1. The van der Waals surface area contributed by atoms with Gasteiger partial charge in [-0.1, -0.05) is 0 Å². The van der Waals surface area contributed by atoms with E-state index in [2.05, 4.69) is 21.5 Å². The third-order valence-electron chi connectivity index (χ3n) is 4.79. The molecule has 1 N–H and O–H groups in total. The maximum absolute atomic E-state index is 12.0. The van der Waals surface area contributed by atoms with Gasteiger partial charge in [0.2, 0.25) is 11.9 Å². The summed E-state index contributed by atoms with van der Waals surface area (Å²) in [6.07, 6.45) is 3.16. The van der Waals surface area contributed by atoms with Crippen LogP contribution >= 0.6 is 0 Å². The number of nitrogens with zero attached hydrogens (tertiary/aromatic N) is 4. The van der Waals surface area contributed by atoms with Gasteiger partial charge in [-0.2, -0.15) is 10.2 Å². The Morgan fingerprint density at radius 1 is 1.36 bits per heavy atom. The van der Waals surface area contributed by atoms with Crippen LogP contribution in [0.4, 0.5) is 5.95 Å². The number of rotatable bonds is 5. The molecule has 2 aromatic heterocycles. The van der Waals surface area contributed by atoms with E-state index in [4.69, 9.17) is 10.00 Å². The van der Waals surface area contributed by atoms with E-state index in [0.717, 1.165) is 40.8 Å². The monoisotopic (exact) mass is 375 g/mol. The molecule has 0 saturated heterocycles. The van der Waals surface area contributed by atoms with Crippen molar-refractivity contribution in [1.82, 2.24) is 14.6 Å². The Hall–Kier alpha value is -3.40. The molecule has 0 bridgehead atoms. The number of carbonyl (C=O) groups is 1. The summed E-state index contributed by atoms with van der Waals surface area (Å²) in [6, 6.07) is 9.99. The number of carbonyl (C=O) groups excluding carboxylic acids is 1. The van der Waals surface area contributed by atoms with Crippen molar-refractivity contribution < 1.29 is 9.53 Å². The highest BCUT2D eigenvalue weighted by atomic mass is 16.5. The van der Waals surface area contributed by atoms with Crippen molar-refractivity contribution in [2.45, 2.75) is 39.7 Å². The van der Waals surface area contributed by atoms with E-state index in [0.29, 0.717) is 11.6 Å². The molecule has 0 aliphatic heterocycles. The standard InChI is InChI=1S/C21H21N5O2/c1-12-9-16(10-13(2)18(12)28-14(3)11-22)17-5-4-8-26-19(17)23-21(25-26)24-20(27)15-6-7-15/h4-5,8-10,14-15H,6-7H2,1-3H3,(H,24,25,27). The van der Waals surface area contributed by atoms with Crippen LogP contribution in [-0.4, -0.2) is 26.6 Å². The predicted octanol–water partition coefficient (Wildman–Crippen LogP) is 3.65. The summed E-state index contributed by atoms with van der Waals surface area (Å²) in [5.41, 5.74) is 4.45. The van der Waals surface area contributed by atoms with Crippen molar-refractivity contribution in [3.05, 3.63) is 41.6 Å². The lowest BCUT2D eigenvalue weighted by atomic mass is 10.0. The number of nitrogens with one attached hydrogen (secondary N) is 1. The lowest BCUT2D eigenvalue weighted by molar-refractivity contribution is -0.117. The zero-order valence-corrected chi connectivity index (χ0v) is 16.1. The molecule has 4 rings (SSSR count). The van der Waals surface area contributed by atoms with Gasteiger partial charge in [0.1, 0.15) is 11.8 Å². The zero-order valence-electron chi connectivity index (χ0n) is 16.1. The number of aromatic nitrogens is 3. The summed E-state index contributed by atoms with van der Waals surface area (Å²) in [5, 5.41) is 16.2. The van der Waals surface area contributed by atoms with E-state index >= 15 is 0 Å². The highest BCUT2D eigenvalue weighted by Crippen LogP contribution is 2.33. The van der Waals surface area contributed by atoms with Crippen LogP contribution in [-0.2, 0) is 4.79 Å². The van der Waals surface area contributed by atoms with Crippen molar-refractivity contribution >= 4 is 17.5 Å². The van der Waals surface area contributed by atoms with E-state index in [-0.39, 0.29) is 11.8 Å². The summed E-state index contributed by atoms with van der Waals surface area (Å²) in [6.45, 7) is 5.64. The molecule has 142 valence electrons. The summed E-state index contributed by atoms with van der Waals surface area (Å²) in [7, 11) is 0. The topological polar surface area (TPSA) is 92.3 Å². The maximum atomic E-state index is 12.0. The first kappa shape index (κ1) is 18.0. The third-order valence-corrected chi connectivity index (χ3v) is 4.79. The van der Waals surface area contributed by atoms with E-state index in [1.165, 1.54) is 0 Å². The second-order valence-electron chi connectivity index (χ2n) is 7.22. The summed E-state index contributed by atoms with van der Waals surface area (Å²) < 4.78 is 7.41. The van der Waals surface area contributed by atoms with Gasteiger partial charge in [0, 0.05) is 17.7 Å². The molecule has 7 nitrogen and oxygen atoms in total. The number of aryl methyl sites for hydroxylation is 2. The summed E-state index contributed by atoms with van der Waals surface area (Å²) in [4.78, 5) is 16.5. The molecule has 1 unspecified atom stereocenters. The number of benzene rings is 1. The molecule has 1 atom stereocenters. The number of hydrogen-bond donors (Lipinski definition) is 1. The van der Waals surface area contributed by atoms with Gasteiger partial charge in [-0.05, 0) is 74.6 Å². The van der Waals surface area contributed by atoms with Crippen LogP contribution in [0.15, 0.2) is 30.5 Å². The average molecular weight is 375 g/mol. The Morgan fingerprint density at radius 2 is 2.07 bits per heavy atom. The molecule has 1 aliphatic carbocycles. The quantitative estimate of drug-likeness (QED) is 0.735. The highest BCUT2D eigenvalue weighted by molar-refractivity contribution is 5.93. The van der Waals surface area contributed by atoms with Crippen LogP contribution in [0.2, 0.25) is 0 Å². The first-order chi connectivity index (χ1) is 13.5. The van der Waals surface area contributed by atoms with Crippen LogP contribution < -0.4 is 10.1 Å². The number of pyridine rings is 1. The van der Waals surface area contributed by atoms with Gasteiger partial charge in [0.05, 0.1) is 0 Å². The van der Waals surface area contributed by atoms with E-state index < -0.39 is 6.10 Å². The van der Waals surface area contributed by atoms with Gasteiger partial charge in [0.15, 0.2) is 11.8 Å². The molecule has 1 amide bonds. The SMILES string of the molecule is Cc1cc(-c2cccn3nc(NC(=O)C4CC4)nc23)cc(C)c1OC(C)C#N. The third kappa shape index (κ3) is 3.41. The largest absolute Gasteiger partial charge is 0.475 e. The normalized spacial score (nSPS) is 14.5. The van der Waals surface area contributed by atoms with E-state index in [9.17, 15) is 4.79 Å². The summed E-state index contributed by atoms with van der Waals surface area (Å²) in [5.74, 6) is 1.13. The lowest BCUT2D eigenvalue weighted by Crippen LogP contribution is -2.14. The molecular weight excluding hydrogens is 354 g/mol. The van der Waals surface area contributed by atoms with Crippen LogP contribution in [0.3, 0.4) is 0 Å². The molecule has 2 heterocycles. The van der Waals surface area contributed by atoms with Crippen LogP contribution in [0.1, 0.15) is 30.9 Å². The van der Waals surface area contributed by atoms with Gasteiger partial charge in [0.25, 0.3) is 0 Å². The van der Waals surface area contributed by atoms with Gasteiger partial charge < -0.3 is 4.74 Å². The first-order valence-electron chi connectivity index (χ1n) is 9.30. The minimum atomic E-state index is -0.513. The average Bonchev–Trinajstić information content (AvgIpc) is 3.44. The second-order valence-corrected chi connectivity index (χ2v) is 7.22. The molecule has 7 heteroatoms. The molecule has 0 radical (unpaired) electrons. The smallest absolute Gasteiger partial charge is 0.249 e. The van der Waals surface area contributed by atoms with Crippen molar-refractivity contribution in [1.29, 1.82) is 5.26 Å². The number of amides is 1. The number of fused-ring (bicyclic) bond motifs is 1. The fourth-order valence-electron chi connectivity index (χ4n) is 3.24. The highest BCUT2D eigenvalue weighted by Gasteiger charge is 2.30. The number of hydrogen-bond acceptors (Lipinski definition) is 5. The number of anilines is 1. The fourth-order valence-corrected chi connectivity index (χ4v) is 3.24. The molecule has 3 aromatic rings. The van der Waals surface area contributed by atoms with Gasteiger partial charge in [-0.3, -0.25) is 10.1 Å². The van der Waals surface area contributed by atoms with Crippen molar-refractivity contribution in [2.24, 2.45) is 5.92 Å². The molecular formula is C21H21N5O2. The Bertz CT molecular complexity index is 1080. The number of ether oxygens (including phenoxy) is 1. The fraction of sp³-hybridized carbons (Fsp3) is 0.333. The predicted molar refractivity (Wildman–Crippen MR) is 105 cm³/mol. The molecule has 1 aliphatic rings. The molecule has 0 spiro atoms. The van der Waals surface area contributed by atoms with Crippen LogP contribution in [0.25, 0.3) is 16.8 Å². The molecule has 1 saturated carbocycles. The Kier molecular flexibility index (Phi) is 4.47. The van der Waals surface area contributed by atoms with Crippen LogP contribution in [0.5, 0.6) is 5.75 Å². The minimum absolute atomic E-state index is 0.0164. The van der Waals surface area contributed by atoms with Crippen molar-refractivity contribution in [3.63, 3.8) is 0 Å². The first-order valence-corrected chi connectivity index (χ1v) is 9.30. The van der Waals surface area contributed by atoms with E-state index in [1.54, 1.807) is 11.4 Å². The molecule has 1 aromatic carbocycles. The van der Waals surface area contributed by atoms with Crippen molar-refractivity contribution in [3.8, 4) is 22.9 Å². The molecule has 1 fully saturated rings. The second kappa shape index (κ2) is 6.97. The zero-order chi connectivity index (χ0) is 19.8. The van der Waals surface area contributed by atoms with E-state index in [1.807, 2.05) is 44.3 Å². The van der Waals surface area contributed by atoms with Gasteiger partial charge >= 0.3 is 0 Å².